The molecule has 0 saturated carbocycles. The summed E-state index contributed by atoms with van der Waals surface area (Å²) in [7, 11) is 0. The number of rotatable bonds is 5. The van der Waals surface area contributed by atoms with E-state index in [0.717, 1.165) is 31.5 Å². The highest BCUT2D eigenvalue weighted by Crippen LogP contribution is 2.20. The van der Waals surface area contributed by atoms with Crippen molar-refractivity contribution in [2.45, 2.75) is 45.7 Å². The summed E-state index contributed by atoms with van der Waals surface area (Å²) in [5.41, 5.74) is 0.929. The Morgan fingerprint density at radius 3 is 2.62 bits per heavy atom. The van der Waals surface area contributed by atoms with Gasteiger partial charge in [-0.15, -0.1) is 0 Å². The number of carbonyl (C=O) groups is 1. The van der Waals surface area contributed by atoms with Gasteiger partial charge in [-0.25, -0.2) is 4.39 Å². The number of hydrogen-bond acceptors (Lipinski definition) is 2. The quantitative estimate of drug-likeness (QED) is 0.904. The van der Waals surface area contributed by atoms with Crippen LogP contribution in [0.5, 0.6) is 0 Å². The summed E-state index contributed by atoms with van der Waals surface area (Å²) in [4.78, 5) is 14.7. The molecular weight excluding hydrogens is 267 g/mol. The molecule has 1 aliphatic heterocycles. The smallest absolute Gasteiger partial charge is 0.237 e. The van der Waals surface area contributed by atoms with Crippen LogP contribution in [0.3, 0.4) is 0 Å². The maximum atomic E-state index is 12.9. The Labute approximate surface area is 126 Å². The SMILES string of the molecule is CC(C)CN1CCC[C@@H]1C(=O)NC(C)c1ccc(F)cc1. The van der Waals surface area contributed by atoms with Gasteiger partial charge in [-0.05, 0) is 49.9 Å². The van der Waals surface area contributed by atoms with Crippen LogP contribution in [0.1, 0.15) is 45.2 Å². The summed E-state index contributed by atoms with van der Waals surface area (Å²) in [6.07, 6.45) is 2.00. The molecule has 1 unspecified atom stereocenters. The van der Waals surface area contributed by atoms with Gasteiger partial charge in [0.2, 0.25) is 5.91 Å². The molecule has 1 N–H and O–H groups in total. The number of amides is 1. The van der Waals surface area contributed by atoms with Crippen LogP contribution < -0.4 is 5.32 Å². The van der Waals surface area contributed by atoms with Crippen LogP contribution in [0.2, 0.25) is 0 Å². The first kappa shape index (κ1) is 16.0. The average molecular weight is 292 g/mol. The van der Waals surface area contributed by atoms with Crippen molar-refractivity contribution in [3.63, 3.8) is 0 Å². The van der Waals surface area contributed by atoms with E-state index in [4.69, 9.17) is 0 Å². The molecule has 116 valence electrons. The van der Waals surface area contributed by atoms with Gasteiger partial charge in [-0.1, -0.05) is 26.0 Å². The summed E-state index contributed by atoms with van der Waals surface area (Å²) >= 11 is 0. The van der Waals surface area contributed by atoms with E-state index in [1.807, 2.05) is 6.92 Å². The molecule has 1 saturated heterocycles. The van der Waals surface area contributed by atoms with E-state index >= 15 is 0 Å². The zero-order chi connectivity index (χ0) is 15.4. The van der Waals surface area contributed by atoms with Crippen molar-refractivity contribution in [2.24, 2.45) is 5.92 Å². The number of halogens is 1. The van der Waals surface area contributed by atoms with Gasteiger partial charge in [0.05, 0.1) is 12.1 Å². The molecule has 1 heterocycles. The van der Waals surface area contributed by atoms with E-state index in [1.54, 1.807) is 12.1 Å². The van der Waals surface area contributed by atoms with E-state index in [9.17, 15) is 9.18 Å². The van der Waals surface area contributed by atoms with Crippen molar-refractivity contribution in [1.29, 1.82) is 0 Å². The summed E-state index contributed by atoms with van der Waals surface area (Å²) in [6.45, 7) is 8.25. The molecule has 21 heavy (non-hydrogen) atoms. The van der Waals surface area contributed by atoms with E-state index in [-0.39, 0.29) is 23.8 Å². The lowest BCUT2D eigenvalue weighted by Crippen LogP contribution is -2.45. The number of likely N-dealkylation sites (tertiary alicyclic amines) is 1. The molecule has 1 amide bonds. The van der Waals surface area contributed by atoms with Crippen molar-refractivity contribution in [3.8, 4) is 0 Å². The van der Waals surface area contributed by atoms with E-state index < -0.39 is 0 Å². The summed E-state index contributed by atoms with van der Waals surface area (Å²) in [5, 5.41) is 3.06. The molecule has 4 heteroatoms. The summed E-state index contributed by atoms with van der Waals surface area (Å²) in [5.74, 6) is 0.397. The molecule has 1 aromatic rings. The normalized spacial score (nSPS) is 20.7. The van der Waals surface area contributed by atoms with Crippen LogP contribution in [0, 0.1) is 11.7 Å². The minimum absolute atomic E-state index is 0.0182. The van der Waals surface area contributed by atoms with Crippen LogP contribution in [-0.2, 0) is 4.79 Å². The van der Waals surface area contributed by atoms with Gasteiger partial charge in [0.15, 0.2) is 0 Å². The monoisotopic (exact) mass is 292 g/mol. The van der Waals surface area contributed by atoms with Crippen LogP contribution in [-0.4, -0.2) is 29.9 Å². The first-order valence-electron chi connectivity index (χ1n) is 7.77. The number of nitrogens with zero attached hydrogens (tertiary/aromatic N) is 1. The highest BCUT2D eigenvalue weighted by molar-refractivity contribution is 5.82. The predicted molar refractivity (Wildman–Crippen MR) is 82.4 cm³/mol. The fourth-order valence-electron chi connectivity index (χ4n) is 2.95. The third-order valence-corrected chi connectivity index (χ3v) is 3.99. The molecule has 2 atom stereocenters. The van der Waals surface area contributed by atoms with Gasteiger partial charge >= 0.3 is 0 Å². The number of carbonyl (C=O) groups excluding carboxylic acids is 1. The van der Waals surface area contributed by atoms with Crippen molar-refractivity contribution in [2.75, 3.05) is 13.1 Å². The van der Waals surface area contributed by atoms with Crippen molar-refractivity contribution in [3.05, 3.63) is 35.6 Å². The topological polar surface area (TPSA) is 32.3 Å². The first-order valence-corrected chi connectivity index (χ1v) is 7.77. The number of benzene rings is 1. The second-order valence-corrected chi connectivity index (χ2v) is 6.33. The molecule has 0 aliphatic carbocycles. The Morgan fingerprint density at radius 1 is 1.33 bits per heavy atom. The first-order chi connectivity index (χ1) is 9.97. The molecule has 0 aromatic heterocycles. The highest BCUT2D eigenvalue weighted by atomic mass is 19.1. The van der Waals surface area contributed by atoms with Crippen LogP contribution in [0.15, 0.2) is 24.3 Å². The third kappa shape index (κ3) is 4.27. The Morgan fingerprint density at radius 2 is 2.00 bits per heavy atom. The minimum atomic E-state index is -0.254. The lowest BCUT2D eigenvalue weighted by atomic mass is 10.1. The van der Waals surface area contributed by atoms with Gasteiger partial charge in [0.25, 0.3) is 0 Å². The predicted octanol–water partition coefficient (Wildman–Crippen LogP) is 3.12. The van der Waals surface area contributed by atoms with Gasteiger partial charge in [-0.2, -0.15) is 0 Å². The molecular formula is C17H25FN2O. The molecule has 0 radical (unpaired) electrons. The average Bonchev–Trinajstić information content (AvgIpc) is 2.86. The van der Waals surface area contributed by atoms with Crippen LogP contribution in [0.4, 0.5) is 4.39 Å². The van der Waals surface area contributed by atoms with Crippen molar-refractivity contribution < 1.29 is 9.18 Å². The summed E-state index contributed by atoms with van der Waals surface area (Å²) < 4.78 is 12.9. The Hall–Kier alpha value is -1.42. The second-order valence-electron chi connectivity index (χ2n) is 6.33. The molecule has 1 aromatic carbocycles. The van der Waals surface area contributed by atoms with Crippen molar-refractivity contribution >= 4 is 5.91 Å². The largest absolute Gasteiger partial charge is 0.348 e. The van der Waals surface area contributed by atoms with Gasteiger partial charge < -0.3 is 5.32 Å². The number of hydrogen-bond donors (Lipinski definition) is 1. The van der Waals surface area contributed by atoms with Gasteiger partial charge in [-0.3, -0.25) is 9.69 Å². The van der Waals surface area contributed by atoms with Gasteiger partial charge in [0.1, 0.15) is 5.82 Å². The third-order valence-electron chi connectivity index (χ3n) is 3.99. The van der Waals surface area contributed by atoms with E-state index in [1.165, 1.54) is 12.1 Å². The molecule has 2 rings (SSSR count). The lowest BCUT2D eigenvalue weighted by Gasteiger charge is -2.26. The minimum Gasteiger partial charge on any atom is -0.348 e. The van der Waals surface area contributed by atoms with Crippen LogP contribution in [0.25, 0.3) is 0 Å². The lowest BCUT2D eigenvalue weighted by molar-refractivity contribution is -0.126. The van der Waals surface area contributed by atoms with E-state index in [0.29, 0.717) is 5.92 Å². The molecule has 0 bridgehead atoms. The second kappa shape index (κ2) is 7.03. The zero-order valence-electron chi connectivity index (χ0n) is 13.1. The Kier molecular flexibility index (Phi) is 5.34. The molecule has 0 spiro atoms. The maximum Gasteiger partial charge on any atom is 0.237 e. The standard InChI is InChI=1S/C17H25FN2O/c1-12(2)11-20-10-4-5-16(20)17(21)19-13(3)14-6-8-15(18)9-7-14/h6-9,12-13,16H,4-5,10-11H2,1-3H3,(H,19,21)/t13?,16-/m1/s1. The van der Waals surface area contributed by atoms with E-state index in [2.05, 4.69) is 24.1 Å². The Balaban J connectivity index is 1.95. The fourth-order valence-corrected chi connectivity index (χ4v) is 2.95. The molecule has 1 fully saturated rings. The maximum absolute atomic E-state index is 12.9. The van der Waals surface area contributed by atoms with Gasteiger partial charge in [0, 0.05) is 6.54 Å². The van der Waals surface area contributed by atoms with Crippen LogP contribution >= 0.6 is 0 Å². The molecule has 3 nitrogen and oxygen atoms in total. The highest BCUT2D eigenvalue weighted by Gasteiger charge is 2.31. The zero-order valence-corrected chi connectivity index (χ0v) is 13.1. The fraction of sp³-hybridized carbons (Fsp3) is 0.588. The summed E-state index contributed by atoms with van der Waals surface area (Å²) in [6, 6.07) is 6.19. The van der Waals surface area contributed by atoms with Crippen molar-refractivity contribution in [1.82, 2.24) is 10.2 Å². The number of nitrogens with one attached hydrogen (secondary N) is 1. The Bertz CT molecular complexity index is 472. The molecule has 1 aliphatic rings.